The van der Waals surface area contributed by atoms with E-state index in [1.807, 2.05) is 73.3 Å². The van der Waals surface area contributed by atoms with Gasteiger partial charge in [-0.15, -0.1) is 0 Å². The van der Waals surface area contributed by atoms with E-state index >= 15 is 0 Å². The molecule has 16 nitrogen and oxygen atoms in total. The number of fused-ring (bicyclic) bond motifs is 63. The van der Waals surface area contributed by atoms with Crippen LogP contribution < -0.4 is 0 Å². The molecule has 140 heavy (non-hydrogen) atoms. The topological polar surface area (TPSA) is 172 Å². The molecule has 0 unspecified atom stereocenters. The molecule has 16 aromatic heterocycles. The van der Waals surface area contributed by atoms with Gasteiger partial charge in [-0.1, -0.05) is 158 Å². The van der Waals surface area contributed by atoms with Gasteiger partial charge in [-0.05, 0) is 363 Å². The third-order valence-electron chi connectivity index (χ3n) is 31.9. The van der Waals surface area contributed by atoms with Gasteiger partial charge in [0.2, 0.25) is 0 Å². The maximum atomic E-state index is 4.97. The number of imidazole rings is 4. The molecular formula is C124H72N16. The second-order valence-electron chi connectivity index (χ2n) is 38.6. The number of pyridine rings is 12. The van der Waals surface area contributed by atoms with Gasteiger partial charge in [-0.25, -0.2) is 59.8 Å². The van der Waals surface area contributed by atoms with Crippen molar-refractivity contribution in [2.24, 2.45) is 0 Å². The molecule has 12 aromatic carbocycles. The van der Waals surface area contributed by atoms with E-state index in [4.69, 9.17) is 39.9 Å². The smallest absolute Gasteiger partial charge is 0.178 e. The summed E-state index contributed by atoms with van der Waals surface area (Å²) in [6, 6.07) is 106. The molecular weight excluding hydrogens is 1710 g/mol. The van der Waals surface area contributed by atoms with Crippen LogP contribution in [-0.2, 0) is 51.4 Å². The van der Waals surface area contributed by atoms with Gasteiger partial charge in [-0.3, -0.25) is 17.6 Å². The van der Waals surface area contributed by atoms with Gasteiger partial charge >= 0.3 is 0 Å². The minimum Gasteiger partial charge on any atom is -0.274 e. The normalized spacial score (nSPS) is 13.5. The Bertz CT molecular complexity index is 10600. The van der Waals surface area contributed by atoms with Crippen molar-refractivity contribution in [2.45, 2.75) is 51.4 Å². The molecule has 0 spiro atoms. The molecule has 0 bridgehead atoms. The van der Waals surface area contributed by atoms with Crippen LogP contribution in [0.4, 0.5) is 0 Å². The van der Waals surface area contributed by atoms with Gasteiger partial charge in [0.25, 0.3) is 0 Å². The summed E-state index contributed by atoms with van der Waals surface area (Å²) in [5, 5.41) is 14.4. The van der Waals surface area contributed by atoms with Crippen LogP contribution in [0.3, 0.4) is 0 Å². The van der Waals surface area contributed by atoms with Crippen molar-refractivity contribution in [3.63, 3.8) is 0 Å². The van der Waals surface area contributed by atoms with Crippen LogP contribution in [0.25, 0.3) is 243 Å². The Kier molecular flexibility index (Phi) is 14.9. The van der Waals surface area contributed by atoms with Crippen LogP contribution in [0.15, 0.2) is 341 Å². The highest BCUT2D eigenvalue weighted by Crippen LogP contribution is 2.56. The van der Waals surface area contributed by atoms with Gasteiger partial charge in [0, 0.05) is 114 Å². The second kappa shape index (κ2) is 27.7. The monoisotopic (exact) mass is 1780 g/mol. The molecule has 0 aliphatic heterocycles. The van der Waals surface area contributed by atoms with E-state index in [1.165, 1.54) is 221 Å². The third kappa shape index (κ3) is 10.1. The second-order valence-corrected chi connectivity index (χ2v) is 38.6. The Hall–Kier alpha value is -18.3. The van der Waals surface area contributed by atoms with Crippen LogP contribution >= 0.6 is 0 Å². The van der Waals surface area contributed by atoms with E-state index < -0.39 is 0 Å². The van der Waals surface area contributed by atoms with Gasteiger partial charge in [-0.2, -0.15) is 0 Å². The number of aromatic nitrogens is 16. The fraction of sp³-hybridized carbons (Fsp3) is 0.0645. The highest BCUT2D eigenvalue weighted by Gasteiger charge is 2.37. The van der Waals surface area contributed by atoms with Crippen LogP contribution in [0.1, 0.15) is 89.0 Å². The van der Waals surface area contributed by atoms with Crippen LogP contribution in [0.2, 0.25) is 0 Å². The minimum atomic E-state index is 0.755. The minimum absolute atomic E-state index is 0.755. The quantitative estimate of drug-likeness (QED) is 0.132. The molecule has 0 atom stereocenters. The molecule has 0 radical (unpaired) electrons. The average molecular weight is 1790 g/mol. The molecule has 648 valence electrons. The molecule has 0 saturated carbocycles. The fourth-order valence-corrected chi connectivity index (χ4v) is 26.2. The summed E-state index contributed by atoms with van der Waals surface area (Å²) >= 11 is 0. The van der Waals surface area contributed by atoms with Crippen LogP contribution in [0.5, 0.6) is 0 Å². The predicted octanol–water partition coefficient (Wildman–Crippen LogP) is 26.9. The molecule has 36 rings (SSSR count). The fourth-order valence-electron chi connectivity index (χ4n) is 26.2. The standard InChI is InChI=1S/4C31H18N4/c1-2-6-19-17(5-1)15-24-20(19)10-9-18-16-25-21(27(18)24)11-12-23-28(25)22-7-3-14-33-30(22)35-26-8-4-13-32-29(26)34-31(23)35;1-2-6-19-17(5-1)15-18-9-10-20-21-11-12-23-28(25(21)16-24(20)27(18)19)22-7-3-14-33-30(22)35-26-8-4-13-32-29(26)34-31(23)35;1-2-6-18-17(5-1)15-24-19(18)9-10-20-21-11-12-23-28(26(21)16-25(20)24)22-7-3-14-33-30(22)35-27-8-4-13-32-29(27)34-31(23)35;1-2-6-20-17(5-1)13-18-14-25-19(15-24(18)20)16-26-21(25)9-10-23-28(26)22-7-3-12-33-30(22)35-27-8-4-11-32-29(27)34-31(23)35/h3*1-14H,15-16H2;1-12,14-15H,13,16H2. The Morgan fingerprint density at radius 1 is 0.157 bits per heavy atom. The predicted molar refractivity (Wildman–Crippen MR) is 559 cm³/mol. The molecule has 16 heterocycles. The van der Waals surface area contributed by atoms with E-state index in [1.54, 1.807) is 24.8 Å². The van der Waals surface area contributed by atoms with Crippen molar-refractivity contribution in [2.75, 3.05) is 0 Å². The Morgan fingerprint density at radius 2 is 0.414 bits per heavy atom. The summed E-state index contributed by atoms with van der Waals surface area (Å²) in [5.74, 6) is 0. The maximum Gasteiger partial charge on any atom is 0.178 e. The van der Waals surface area contributed by atoms with Crippen molar-refractivity contribution < 1.29 is 0 Å². The summed E-state index contributed by atoms with van der Waals surface area (Å²) in [6.07, 6.45) is 22.5. The van der Waals surface area contributed by atoms with Gasteiger partial charge in [0.15, 0.2) is 22.6 Å². The first kappa shape index (κ1) is 75.1. The van der Waals surface area contributed by atoms with Crippen LogP contribution in [-0.4, -0.2) is 77.4 Å². The maximum absolute atomic E-state index is 4.97. The highest BCUT2D eigenvalue weighted by atomic mass is 15.1. The summed E-state index contributed by atoms with van der Waals surface area (Å²) in [7, 11) is 0. The van der Waals surface area contributed by atoms with E-state index in [9.17, 15) is 0 Å². The Labute approximate surface area is 796 Å². The number of benzene rings is 12. The summed E-state index contributed by atoms with van der Waals surface area (Å²) in [4.78, 5) is 57.3. The zero-order valence-corrected chi connectivity index (χ0v) is 75.1. The highest BCUT2D eigenvalue weighted by molar-refractivity contribution is 6.22. The molecule has 16 heteroatoms. The zero-order valence-electron chi connectivity index (χ0n) is 75.1. The van der Waals surface area contributed by atoms with Gasteiger partial charge < -0.3 is 0 Å². The lowest BCUT2D eigenvalue weighted by Gasteiger charge is -2.13. The molecule has 0 fully saturated rings. The van der Waals surface area contributed by atoms with Gasteiger partial charge in [0.1, 0.15) is 45.2 Å². The Balaban J connectivity index is 0.0000000829. The van der Waals surface area contributed by atoms with Crippen molar-refractivity contribution in [3.05, 3.63) is 430 Å². The average Bonchev–Trinajstić information content (AvgIpc) is 1.55. The first-order valence-corrected chi connectivity index (χ1v) is 48.2. The SMILES string of the molecule is c1ccc2c(c1)Cc1c-2ccc2c1-c1ccc3c(c1C2)c1cccnc1n1c2cccnc2nc31.c1ccc2c(c1)Cc1c-2ccc2c1Cc1c-2ccc2c1c1cccnc1n1c3cccnc3nc21.c1ccc2c(c1)Cc1cc3c(cc1-2)Cc1c-3ccc2c1c1cccnc1n1c3cccnc3nc21.c1ccc2c(c1)Cc1ccc3c(c1-2)Cc1c-3ccc2c1c1cccnc1n1c3cccnc3nc21. The third-order valence-corrected chi connectivity index (χ3v) is 31.9. The zero-order chi connectivity index (χ0) is 90.7. The molecule has 0 amide bonds. The molecule has 8 aliphatic rings. The van der Waals surface area contributed by atoms with E-state index in [0.29, 0.717) is 0 Å². The van der Waals surface area contributed by atoms with Crippen molar-refractivity contribution >= 4 is 154 Å². The molecule has 0 saturated heterocycles. The Morgan fingerprint density at radius 3 is 0.879 bits per heavy atom. The first-order valence-electron chi connectivity index (χ1n) is 48.2. The van der Waals surface area contributed by atoms with Crippen molar-refractivity contribution in [1.29, 1.82) is 0 Å². The summed E-state index contributed by atoms with van der Waals surface area (Å²) in [6.45, 7) is 0. The first-order chi connectivity index (χ1) is 69.4. The van der Waals surface area contributed by atoms with E-state index in [2.05, 4.69) is 280 Å². The lowest BCUT2D eigenvalue weighted by molar-refractivity contribution is 1.17. The van der Waals surface area contributed by atoms with Crippen molar-refractivity contribution in [3.8, 4) is 89.0 Å². The van der Waals surface area contributed by atoms with E-state index in [0.717, 1.165) is 163 Å². The number of hydrogen-bond donors (Lipinski definition) is 0. The largest absolute Gasteiger partial charge is 0.274 e. The van der Waals surface area contributed by atoms with Crippen LogP contribution in [0, 0.1) is 0 Å². The number of hydrogen-bond acceptors (Lipinski definition) is 12. The summed E-state index contributed by atoms with van der Waals surface area (Å²) < 4.78 is 8.67. The molecule has 28 aromatic rings. The molecule has 0 N–H and O–H groups in total. The van der Waals surface area contributed by atoms with Gasteiger partial charge in [0.05, 0.1) is 22.1 Å². The van der Waals surface area contributed by atoms with E-state index in [-0.39, 0.29) is 0 Å². The lowest BCUT2D eigenvalue weighted by Crippen LogP contribution is -1.96. The van der Waals surface area contributed by atoms with Crippen molar-refractivity contribution in [1.82, 2.24) is 77.4 Å². The number of rotatable bonds is 0. The number of nitrogens with zero attached hydrogens (tertiary/aromatic N) is 16. The molecule has 8 aliphatic carbocycles. The lowest BCUT2D eigenvalue weighted by atomic mass is 9.93. The summed E-state index contributed by atoms with van der Waals surface area (Å²) in [5.41, 5.74) is 59.5.